The highest BCUT2D eigenvalue weighted by atomic mass is 16.5. The van der Waals surface area contributed by atoms with Crippen molar-refractivity contribution in [2.24, 2.45) is 0 Å². The van der Waals surface area contributed by atoms with Crippen LogP contribution in [0.4, 0.5) is 5.69 Å². The van der Waals surface area contributed by atoms with E-state index in [4.69, 9.17) is 4.74 Å². The third-order valence-electron chi connectivity index (χ3n) is 4.61. The van der Waals surface area contributed by atoms with Gasteiger partial charge in [-0.05, 0) is 49.6 Å². The van der Waals surface area contributed by atoms with Crippen LogP contribution in [-0.2, 0) is 11.2 Å². The van der Waals surface area contributed by atoms with Gasteiger partial charge in [0, 0.05) is 43.1 Å². The van der Waals surface area contributed by atoms with Gasteiger partial charge in [0.1, 0.15) is 0 Å². The number of nitrogens with zero attached hydrogens (tertiary/aromatic N) is 1. The first-order valence-electron chi connectivity index (χ1n) is 8.90. The number of anilines is 1. The van der Waals surface area contributed by atoms with Gasteiger partial charge in [0.2, 0.25) is 0 Å². The zero-order valence-corrected chi connectivity index (χ0v) is 15.2. The molecule has 1 heterocycles. The lowest BCUT2D eigenvalue weighted by Gasteiger charge is -2.23. The molecular formula is C21H24N2O3. The number of hydrogen-bond acceptors (Lipinski definition) is 3. The molecule has 0 aromatic heterocycles. The Morgan fingerprint density at radius 2 is 1.92 bits per heavy atom. The van der Waals surface area contributed by atoms with Gasteiger partial charge in [-0.15, -0.1) is 0 Å². The highest BCUT2D eigenvalue weighted by molar-refractivity contribution is 6.09. The van der Waals surface area contributed by atoms with Crippen molar-refractivity contribution >= 4 is 17.5 Å². The molecule has 1 N–H and O–H groups in total. The van der Waals surface area contributed by atoms with Gasteiger partial charge in [-0.2, -0.15) is 0 Å². The van der Waals surface area contributed by atoms with E-state index >= 15 is 0 Å². The van der Waals surface area contributed by atoms with Crippen LogP contribution in [0.25, 0.3) is 0 Å². The van der Waals surface area contributed by atoms with Crippen LogP contribution in [0, 0.1) is 0 Å². The molecule has 26 heavy (non-hydrogen) atoms. The van der Waals surface area contributed by atoms with Crippen molar-refractivity contribution in [2.75, 3.05) is 25.2 Å². The van der Waals surface area contributed by atoms with E-state index in [1.54, 1.807) is 31.4 Å². The number of benzene rings is 2. The standard InChI is InChI=1S/C21H24N2O3/c1-15-13-16-7-3-4-10-19(16)23(15)21(25)18-9-5-8-17(14-18)20(24)22-11-6-12-26-2/h3-5,7-10,14-15H,6,11-13H2,1-2H3,(H,22,24). The number of para-hydroxylation sites is 1. The molecule has 2 amide bonds. The minimum absolute atomic E-state index is 0.0727. The normalized spacial score (nSPS) is 15.6. The Morgan fingerprint density at radius 1 is 1.15 bits per heavy atom. The molecule has 0 aliphatic carbocycles. The molecule has 2 aromatic carbocycles. The monoisotopic (exact) mass is 352 g/mol. The SMILES string of the molecule is COCCCNC(=O)c1cccc(C(=O)N2c3ccccc3CC2C)c1. The number of carbonyl (C=O) groups is 2. The average molecular weight is 352 g/mol. The number of nitrogens with one attached hydrogen (secondary N) is 1. The molecule has 1 unspecified atom stereocenters. The average Bonchev–Trinajstić information content (AvgIpc) is 3.00. The maximum absolute atomic E-state index is 13.1. The number of fused-ring (bicyclic) bond motifs is 1. The van der Waals surface area contributed by atoms with Crippen LogP contribution in [0.15, 0.2) is 48.5 Å². The molecule has 0 radical (unpaired) electrons. The molecule has 0 bridgehead atoms. The summed E-state index contributed by atoms with van der Waals surface area (Å²) in [7, 11) is 1.63. The topological polar surface area (TPSA) is 58.6 Å². The lowest BCUT2D eigenvalue weighted by atomic mass is 10.1. The van der Waals surface area contributed by atoms with E-state index in [-0.39, 0.29) is 17.9 Å². The molecule has 0 spiro atoms. The Kier molecular flexibility index (Phi) is 5.68. The smallest absolute Gasteiger partial charge is 0.258 e. The predicted molar refractivity (Wildman–Crippen MR) is 102 cm³/mol. The number of ether oxygens (including phenoxy) is 1. The van der Waals surface area contributed by atoms with E-state index in [0.717, 1.165) is 18.5 Å². The fourth-order valence-corrected chi connectivity index (χ4v) is 3.33. The molecular weight excluding hydrogens is 328 g/mol. The van der Waals surface area contributed by atoms with Gasteiger partial charge in [-0.25, -0.2) is 0 Å². The first-order chi connectivity index (χ1) is 12.6. The Balaban J connectivity index is 1.76. The second-order valence-corrected chi connectivity index (χ2v) is 6.54. The number of carbonyl (C=O) groups excluding carboxylic acids is 2. The highest BCUT2D eigenvalue weighted by Gasteiger charge is 2.31. The third-order valence-corrected chi connectivity index (χ3v) is 4.61. The Labute approximate surface area is 154 Å². The molecule has 2 aromatic rings. The highest BCUT2D eigenvalue weighted by Crippen LogP contribution is 2.33. The van der Waals surface area contributed by atoms with Gasteiger partial charge in [-0.1, -0.05) is 24.3 Å². The van der Waals surface area contributed by atoms with Crippen LogP contribution < -0.4 is 10.2 Å². The summed E-state index contributed by atoms with van der Waals surface area (Å²) in [6.45, 7) is 3.19. The van der Waals surface area contributed by atoms with Crippen LogP contribution >= 0.6 is 0 Å². The summed E-state index contributed by atoms with van der Waals surface area (Å²) in [6.07, 6.45) is 1.60. The summed E-state index contributed by atoms with van der Waals surface area (Å²) in [6, 6.07) is 15.0. The summed E-state index contributed by atoms with van der Waals surface area (Å²) >= 11 is 0. The van der Waals surface area contributed by atoms with Crippen LogP contribution in [-0.4, -0.2) is 38.1 Å². The lowest BCUT2D eigenvalue weighted by Crippen LogP contribution is -2.36. The molecule has 3 rings (SSSR count). The number of methoxy groups -OCH3 is 1. The van der Waals surface area contributed by atoms with Crippen molar-refractivity contribution in [2.45, 2.75) is 25.8 Å². The minimum Gasteiger partial charge on any atom is -0.385 e. The first-order valence-corrected chi connectivity index (χ1v) is 8.90. The molecule has 1 aliphatic rings. The van der Waals surface area contributed by atoms with E-state index in [1.165, 1.54) is 5.56 Å². The van der Waals surface area contributed by atoms with Gasteiger partial charge in [0.15, 0.2) is 0 Å². The Bertz CT molecular complexity index is 803. The van der Waals surface area contributed by atoms with Gasteiger partial charge < -0.3 is 15.0 Å². The van der Waals surface area contributed by atoms with E-state index in [1.807, 2.05) is 30.0 Å². The zero-order chi connectivity index (χ0) is 18.5. The maximum atomic E-state index is 13.1. The largest absolute Gasteiger partial charge is 0.385 e. The molecule has 0 fully saturated rings. The summed E-state index contributed by atoms with van der Waals surface area (Å²) in [5.41, 5.74) is 3.16. The lowest BCUT2D eigenvalue weighted by molar-refractivity contribution is 0.0948. The fraction of sp³-hybridized carbons (Fsp3) is 0.333. The molecule has 5 nitrogen and oxygen atoms in total. The van der Waals surface area contributed by atoms with Crippen molar-refractivity contribution in [1.82, 2.24) is 5.32 Å². The molecule has 1 aliphatic heterocycles. The fourth-order valence-electron chi connectivity index (χ4n) is 3.33. The van der Waals surface area contributed by atoms with Crippen molar-refractivity contribution < 1.29 is 14.3 Å². The quantitative estimate of drug-likeness (QED) is 0.813. The first kappa shape index (κ1) is 18.1. The van der Waals surface area contributed by atoms with Gasteiger partial charge >= 0.3 is 0 Å². The molecule has 0 saturated heterocycles. The second kappa shape index (κ2) is 8.15. The summed E-state index contributed by atoms with van der Waals surface area (Å²) in [4.78, 5) is 27.2. The van der Waals surface area contributed by atoms with Crippen molar-refractivity contribution in [3.05, 3.63) is 65.2 Å². The van der Waals surface area contributed by atoms with Gasteiger partial charge in [-0.3, -0.25) is 9.59 Å². The molecule has 0 saturated carbocycles. The van der Waals surface area contributed by atoms with Gasteiger partial charge in [0.25, 0.3) is 11.8 Å². The predicted octanol–water partition coefficient (Wildman–Crippen LogP) is 3.04. The van der Waals surface area contributed by atoms with Crippen LogP contribution in [0.1, 0.15) is 39.6 Å². The van der Waals surface area contributed by atoms with E-state index in [9.17, 15) is 9.59 Å². The summed E-state index contributed by atoms with van der Waals surface area (Å²) in [5.74, 6) is -0.248. The molecule has 1 atom stereocenters. The Morgan fingerprint density at radius 3 is 2.73 bits per heavy atom. The van der Waals surface area contributed by atoms with E-state index in [0.29, 0.717) is 24.3 Å². The van der Waals surface area contributed by atoms with Gasteiger partial charge in [0.05, 0.1) is 0 Å². The number of rotatable bonds is 6. The number of amides is 2. The van der Waals surface area contributed by atoms with Crippen LogP contribution in [0.5, 0.6) is 0 Å². The van der Waals surface area contributed by atoms with Crippen molar-refractivity contribution in [3.8, 4) is 0 Å². The summed E-state index contributed by atoms with van der Waals surface area (Å²) < 4.78 is 4.97. The Hall–Kier alpha value is -2.66. The maximum Gasteiger partial charge on any atom is 0.258 e. The van der Waals surface area contributed by atoms with Crippen molar-refractivity contribution in [3.63, 3.8) is 0 Å². The second-order valence-electron chi connectivity index (χ2n) is 6.54. The number of hydrogen-bond donors (Lipinski definition) is 1. The third kappa shape index (κ3) is 3.78. The van der Waals surface area contributed by atoms with Crippen LogP contribution in [0.2, 0.25) is 0 Å². The van der Waals surface area contributed by atoms with Crippen LogP contribution in [0.3, 0.4) is 0 Å². The van der Waals surface area contributed by atoms with E-state index in [2.05, 4.69) is 11.4 Å². The molecule has 5 heteroatoms. The van der Waals surface area contributed by atoms with Crippen molar-refractivity contribution in [1.29, 1.82) is 0 Å². The molecule has 136 valence electrons. The minimum atomic E-state index is -0.175. The zero-order valence-electron chi connectivity index (χ0n) is 15.2. The van der Waals surface area contributed by atoms with E-state index < -0.39 is 0 Å². The summed E-state index contributed by atoms with van der Waals surface area (Å²) in [5, 5.41) is 2.85.